The number of carbonyl (C=O) groups excluding carboxylic acids is 1. The molecule has 3 nitrogen and oxygen atoms in total. The molecule has 3 aliphatic rings. The van der Waals surface area contributed by atoms with Crippen molar-refractivity contribution in [2.24, 2.45) is 23.5 Å². The van der Waals surface area contributed by atoms with Crippen molar-refractivity contribution in [3.63, 3.8) is 0 Å². The molecule has 1 saturated heterocycles. The van der Waals surface area contributed by atoms with Crippen LogP contribution in [0.15, 0.2) is 0 Å². The second kappa shape index (κ2) is 3.48. The maximum Gasteiger partial charge on any atom is 0.226 e. The normalized spacial score (nSPS) is 43.9. The molecule has 0 aromatic heterocycles. The molecule has 2 saturated carbocycles. The molecule has 3 atom stereocenters. The minimum Gasteiger partial charge on any atom is -0.341 e. The molecular formula is C12H20N2O. The van der Waals surface area contributed by atoms with Gasteiger partial charge < -0.3 is 10.6 Å². The summed E-state index contributed by atoms with van der Waals surface area (Å²) in [6.45, 7) is 1.70. The van der Waals surface area contributed by atoms with Crippen molar-refractivity contribution in [1.82, 2.24) is 4.90 Å². The Bertz CT molecular complexity index is 267. The van der Waals surface area contributed by atoms with Crippen molar-refractivity contribution in [2.75, 3.05) is 13.1 Å². The quantitative estimate of drug-likeness (QED) is 0.698. The average Bonchev–Trinajstić information content (AvgIpc) is 2.82. The number of amides is 1. The van der Waals surface area contributed by atoms with Crippen molar-refractivity contribution < 1.29 is 4.79 Å². The maximum absolute atomic E-state index is 12.2. The predicted octanol–water partition coefficient (Wildman–Crippen LogP) is 0.982. The largest absolute Gasteiger partial charge is 0.341 e. The highest BCUT2D eigenvalue weighted by molar-refractivity contribution is 5.82. The SMILES string of the molecule is NC1CCN(C(=O)C2C3CCCCC32)C1. The first-order valence-corrected chi connectivity index (χ1v) is 6.32. The van der Waals surface area contributed by atoms with Crippen molar-refractivity contribution in [3.05, 3.63) is 0 Å². The van der Waals surface area contributed by atoms with Crippen molar-refractivity contribution in [1.29, 1.82) is 0 Å². The van der Waals surface area contributed by atoms with Crippen LogP contribution in [-0.2, 0) is 4.79 Å². The van der Waals surface area contributed by atoms with E-state index in [-0.39, 0.29) is 6.04 Å². The Morgan fingerprint density at radius 3 is 2.33 bits per heavy atom. The van der Waals surface area contributed by atoms with Crippen LogP contribution < -0.4 is 5.73 Å². The van der Waals surface area contributed by atoms with E-state index in [1.807, 2.05) is 4.90 Å². The Kier molecular flexibility index (Phi) is 2.23. The molecule has 1 aliphatic heterocycles. The van der Waals surface area contributed by atoms with Gasteiger partial charge in [-0.3, -0.25) is 4.79 Å². The van der Waals surface area contributed by atoms with Crippen molar-refractivity contribution in [3.8, 4) is 0 Å². The molecule has 2 N–H and O–H groups in total. The van der Waals surface area contributed by atoms with Gasteiger partial charge in [-0.15, -0.1) is 0 Å². The van der Waals surface area contributed by atoms with Crippen LogP contribution in [0, 0.1) is 17.8 Å². The first-order valence-electron chi connectivity index (χ1n) is 6.32. The minimum absolute atomic E-state index is 0.231. The third-order valence-corrected chi connectivity index (χ3v) is 4.48. The number of hydrogen-bond donors (Lipinski definition) is 1. The maximum atomic E-state index is 12.2. The van der Waals surface area contributed by atoms with Gasteiger partial charge in [0, 0.05) is 25.0 Å². The summed E-state index contributed by atoms with van der Waals surface area (Å²) in [7, 11) is 0. The molecule has 0 bridgehead atoms. The smallest absolute Gasteiger partial charge is 0.226 e. The van der Waals surface area contributed by atoms with E-state index in [0.717, 1.165) is 31.3 Å². The molecular weight excluding hydrogens is 188 g/mol. The fourth-order valence-electron chi connectivity index (χ4n) is 3.56. The Labute approximate surface area is 91.0 Å². The van der Waals surface area contributed by atoms with E-state index in [9.17, 15) is 4.79 Å². The summed E-state index contributed by atoms with van der Waals surface area (Å²) in [4.78, 5) is 14.2. The van der Waals surface area contributed by atoms with Gasteiger partial charge in [-0.25, -0.2) is 0 Å². The Balaban J connectivity index is 1.61. The second-order valence-electron chi connectivity index (χ2n) is 5.47. The van der Waals surface area contributed by atoms with Gasteiger partial charge in [-0.1, -0.05) is 12.8 Å². The molecule has 15 heavy (non-hydrogen) atoms. The number of nitrogens with zero attached hydrogens (tertiary/aromatic N) is 1. The number of likely N-dealkylation sites (tertiary alicyclic amines) is 1. The zero-order valence-electron chi connectivity index (χ0n) is 9.19. The number of fused-ring (bicyclic) bond motifs is 1. The van der Waals surface area contributed by atoms with Gasteiger partial charge in [-0.05, 0) is 31.1 Å². The zero-order chi connectivity index (χ0) is 10.4. The van der Waals surface area contributed by atoms with Crippen molar-refractivity contribution >= 4 is 5.91 Å². The average molecular weight is 208 g/mol. The van der Waals surface area contributed by atoms with Crippen LogP contribution in [0.2, 0.25) is 0 Å². The van der Waals surface area contributed by atoms with Gasteiger partial charge in [0.1, 0.15) is 0 Å². The van der Waals surface area contributed by atoms with Crippen LogP contribution in [0.3, 0.4) is 0 Å². The molecule has 0 radical (unpaired) electrons. The zero-order valence-corrected chi connectivity index (χ0v) is 9.19. The summed E-state index contributed by atoms with van der Waals surface area (Å²) >= 11 is 0. The van der Waals surface area contributed by atoms with Crippen LogP contribution in [0.4, 0.5) is 0 Å². The molecule has 1 heterocycles. The Hall–Kier alpha value is -0.570. The monoisotopic (exact) mass is 208 g/mol. The molecule has 0 aromatic carbocycles. The minimum atomic E-state index is 0.231. The number of nitrogens with two attached hydrogens (primary N) is 1. The number of hydrogen-bond acceptors (Lipinski definition) is 2. The lowest BCUT2D eigenvalue weighted by molar-refractivity contribution is -0.132. The fraction of sp³-hybridized carbons (Fsp3) is 0.917. The molecule has 84 valence electrons. The van der Waals surface area contributed by atoms with Gasteiger partial charge >= 0.3 is 0 Å². The fourth-order valence-corrected chi connectivity index (χ4v) is 3.56. The molecule has 3 unspecified atom stereocenters. The van der Waals surface area contributed by atoms with Gasteiger partial charge in [0.25, 0.3) is 0 Å². The van der Waals surface area contributed by atoms with E-state index in [1.54, 1.807) is 0 Å². The lowest BCUT2D eigenvalue weighted by Gasteiger charge is -2.15. The third-order valence-electron chi connectivity index (χ3n) is 4.48. The van der Waals surface area contributed by atoms with E-state index in [4.69, 9.17) is 5.73 Å². The number of rotatable bonds is 1. The van der Waals surface area contributed by atoms with Gasteiger partial charge in [0.15, 0.2) is 0 Å². The van der Waals surface area contributed by atoms with Crippen molar-refractivity contribution in [2.45, 2.75) is 38.1 Å². The lowest BCUT2D eigenvalue weighted by atomic mass is 10.0. The number of carbonyl (C=O) groups is 1. The molecule has 3 rings (SSSR count). The summed E-state index contributed by atoms with van der Waals surface area (Å²) in [5.74, 6) is 2.28. The van der Waals surface area contributed by atoms with E-state index in [1.165, 1.54) is 25.7 Å². The summed E-state index contributed by atoms with van der Waals surface area (Å²) < 4.78 is 0. The predicted molar refractivity (Wildman–Crippen MR) is 58.1 cm³/mol. The molecule has 0 spiro atoms. The topological polar surface area (TPSA) is 46.3 Å². The summed E-state index contributed by atoms with van der Waals surface area (Å²) in [5.41, 5.74) is 5.84. The third kappa shape index (κ3) is 1.57. The summed E-state index contributed by atoms with van der Waals surface area (Å²) in [6.07, 6.45) is 6.25. The summed E-state index contributed by atoms with van der Waals surface area (Å²) in [6, 6.07) is 0.231. The van der Waals surface area contributed by atoms with Gasteiger partial charge in [0.05, 0.1) is 0 Å². The van der Waals surface area contributed by atoms with E-state index in [2.05, 4.69) is 0 Å². The molecule has 2 aliphatic carbocycles. The summed E-state index contributed by atoms with van der Waals surface area (Å²) in [5, 5.41) is 0. The Morgan fingerprint density at radius 1 is 1.13 bits per heavy atom. The first kappa shape index (κ1) is 9.64. The van der Waals surface area contributed by atoms with Crippen LogP contribution in [-0.4, -0.2) is 29.9 Å². The van der Waals surface area contributed by atoms with Crippen LogP contribution in [0.5, 0.6) is 0 Å². The van der Waals surface area contributed by atoms with Crippen LogP contribution in [0.25, 0.3) is 0 Å². The standard InChI is InChI=1S/C12H20N2O/c13-8-5-6-14(7-8)12(15)11-9-3-1-2-4-10(9)11/h8-11H,1-7,13H2. The second-order valence-corrected chi connectivity index (χ2v) is 5.47. The van der Waals surface area contributed by atoms with E-state index in [0.29, 0.717) is 11.8 Å². The molecule has 0 aromatic rings. The molecule has 3 fully saturated rings. The van der Waals surface area contributed by atoms with E-state index < -0.39 is 0 Å². The Morgan fingerprint density at radius 2 is 1.80 bits per heavy atom. The highest BCUT2D eigenvalue weighted by atomic mass is 16.2. The van der Waals surface area contributed by atoms with Gasteiger partial charge in [0.2, 0.25) is 5.91 Å². The molecule has 3 heteroatoms. The highest BCUT2D eigenvalue weighted by Gasteiger charge is 2.56. The first-order chi connectivity index (χ1) is 7.27. The lowest BCUT2D eigenvalue weighted by Crippen LogP contribution is -2.33. The highest BCUT2D eigenvalue weighted by Crippen LogP contribution is 2.56. The van der Waals surface area contributed by atoms with Gasteiger partial charge in [-0.2, -0.15) is 0 Å². The van der Waals surface area contributed by atoms with Crippen LogP contribution >= 0.6 is 0 Å². The van der Waals surface area contributed by atoms with E-state index >= 15 is 0 Å². The van der Waals surface area contributed by atoms with Crippen LogP contribution in [0.1, 0.15) is 32.1 Å². The molecule has 1 amide bonds.